The summed E-state index contributed by atoms with van der Waals surface area (Å²) in [6.45, 7) is 10.6. The van der Waals surface area contributed by atoms with E-state index in [0.717, 1.165) is 4.44 Å². The number of nitriles is 1. The number of unbranched alkanes of at least 4 members (excludes halogenated alkanes) is 3. The second kappa shape index (κ2) is 13.8. The summed E-state index contributed by atoms with van der Waals surface area (Å²) in [6, 6.07) is 2.11. The minimum absolute atomic E-state index is 0.142. The molecule has 1 atom stereocenters. The molecular weight excluding hydrogens is 405 g/mol. The molecule has 0 spiro atoms. The van der Waals surface area contributed by atoms with Crippen LogP contribution in [0.2, 0.25) is 17.7 Å². The number of carbonyl (C=O) groups excluding carboxylic acids is 1. The van der Waals surface area contributed by atoms with Crippen LogP contribution >= 0.6 is 0 Å². The van der Waals surface area contributed by atoms with Crippen LogP contribution in [-0.4, -0.2) is 31.5 Å². The number of methoxy groups -OCH3 is 1. The third-order valence-corrected chi connectivity index (χ3v) is 21.0. The molecule has 24 heavy (non-hydrogen) atoms. The Morgan fingerprint density at radius 3 is 1.88 bits per heavy atom. The van der Waals surface area contributed by atoms with E-state index in [1.165, 1.54) is 58.9 Å². The van der Waals surface area contributed by atoms with Crippen molar-refractivity contribution in [3.05, 3.63) is 12.2 Å². The summed E-state index contributed by atoms with van der Waals surface area (Å²) in [5, 5.41) is 9.08. The van der Waals surface area contributed by atoms with E-state index in [4.69, 9.17) is 10.00 Å². The molecule has 0 aromatic heterocycles. The van der Waals surface area contributed by atoms with Crippen LogP contribution < -0.4 is 0 Å². The van der Waals surface area contributed by atoms with E-state index >= 15 is 0 Å². The van der Waals surface area contributed by atoms with Crippen molar-refractivity contribution < 1.29 is 9.53 Å². The molecule has 0 amide bonds. The molecule has 0 aliphatic rings. The first kappa shape index (κ1) is 23.5. The van der Waals surface area contributed by atoms with Crippen LogP contribution in [-0.2, 0) is 9.53 Å². The van der Waals surface area contributed by atoms with E-state index in [2.05, 4.69) is 33.4 Å². The van der Waals surface area contributed by atoms with Gasteiger partial charge in [-0.3, -0.25) is 0 Å². The number of allylic oxidation sites excluding steroid dienone is 1. The topological polar surface area (TPSA) is 50.1 Å². The van der Waals surface area contributed by atoms with Gasteiger partial charge in [0.15, 0.2) is 0 Å². The van der Waals surface area contributed by atoms with Gasteiger partial charge in [0.2, 0.25) is 0 Å². The Balaban J connectivity index is 5.38. The van der Waals surface area contributed by atoms with Crippen LogP contribution in [0.15, 0.2) is 12.2 Å². The van der Waals surface area contributed by atoms with Crippen molar-refractivity contribution in [2.24, 2.45) is 5.92 Å². The van der Waals surface area contributed by atoms with E-state index in [1.807, 2.05) is 0 Å². The molecule has 0 N–H and O–H groups in total. The molecule has 0 fully saturated rings. The zero-order valence-electron chi connectivity index (χ0n) is 16.3. The van der Waals surface area contributed by atoms with Gasteiger partial charge in [-0.05, 0) is 0 Å². The number of ether oxygens (including phenoxy) is 1. The summed E-state index contributed by atoms with van der Waals surface area (Å²) in [4.78, 5) is 12.3. The maximum atomic E-state index is 12.3. The second-order valence-corrected chi connectivity index (χ2v) is 21.2. The summed E-state index contributed by atoms with van der Waals surface area (Å²) < 4.78 is 10.2. The van der Waals surface area contributed by atoms with E-state index in [-0.39, 0.29) is 11.9 Å². The summed E-state index contributed by atoms with van der Waals surface area (Å²) >= 11 is -2.41. The standard InChI is InChI=1S/C8H10NO2.3C4H9.Sn/c1-6(5-9)4-7(2)8(10)11-3;3*1-3-4-2;/h7H,1-2,4H2,3H3;3*1,3-4H2,2H3;. The van der Waals surface area contributed by atoms with E-state index < -0.39 is 18.4 Å². The van der Waals surface area contributed by atoms with Crippen LogP contribution in [0.5, 0.6) is 0 Å². The normalized spacial score (nSPS) is 12.5. The number of hydrogen-bond acceptors (Lipinski definition) is 3. The van der Waals surface area contributed by atoms with Gasteiger partial charge in [-0.25, -0.2) is 0 Å². The van der Waals surface area contributed by atoms with Crippen LogP contribution in [0.25, 0.3) is 0 Å². The molecule has 138 valence electrons. The van der Waals surface area contributed by atoms with E-state index in [1.54, 1.807) is 0 Å². The molecule has 0 aromatic carbocycles. The summed E-state index contributed by atoms with van der Waals surface area (Å²) in [7, 11) is 1.46. The first-order chi connectivity index (χ1) is 11.5. The van der Waals surface area contributed by atoms with Crippen molar-refractivity contribution in [1.82, 2.24) is 0 Å². The van der Waals surface area contributed by atoms with Crippen LogP contribution in [0, 0.1) is 17.2 Å². The minimum atomic E-state index is -2.41. The molecule has 0 heterocycles. The molecule has 0 rings (SSSR count). The first-order valence-electron chi connectivity index (χ1n) is 9.64. The molecule has 0 radical (unpaired) electrons. The van der Waals surface area contributed by atoms with Crippen molar-refractivity contribution >= 4 is 24.3 Å². The SMILES string of the molecule is C=C(C#N)CC([CH2][Sn]([CH2]CCC)([CH2]CCC)[CH2]CCC)C(=O)OC. The van der Waals surface area contributed by atoms with Crippen molar-refractivity contribution in [3.63, 3.8) is 0 Å². The predicted molar refractivity (Wildman–Crippen MR) is 105 cm³/mol. The monoisotopic (exact) mass is 443 g/mol. The quantitative estimate of drug-likeness (QED) is 0.186. The summed E-state index contributed by atoms with van der Waals surface area (Å²) in [5.41, 5.74) is 0.507. The Kier molecular flexibility index (Phi) is 13.5. The van der Waals surface area contributed by atoms with Gasteiger partial charge in [0.25, 0.3) is 0 Å². The van der Waals surface area contributed by atoms with E-state index in [9.17, 15) is 4.79 Å². The molecule has 1 unspecified atom stereocenters. The third kappa shape index (κ3) is 9.10. The van der Waals surface area contributed by atoms with E-state index in [0.29, 0.717) is 12.0 Å². The molecular formula is C20H37NO2Sn. The van der Waals surface area contributed by atoms with Crippen LogP contribution in [0.4, 0.5) is 0 Å². The molecule has 0 aliphatic heterocycles. The Morgan fingerprint density at radius 1 is 1.08 bits per heavy atom. The van der Waals surface area contributed by atoms with Gasteiger partial charge in [0.1, 0.15) is 0 Å². The number of carbonyl (C=O) groups is 1. The Morgan fingerprint density at radius 2 is 1.54 bits per heavy atom. The average Bonchev–Trinajstić information content (AvgIpc) is 2.61. The molecule has 0 saturated heterocycles. The Hall–Kier alpha value is -0.501. The van der Waals surface area contributed by atoms with Gasteiger partial charge < -0.3 is 0 Å². The van der Waals surface area contributed by atoms with Gasteiger partial charge in [-0.15, -0.1) is 0 Å². The molecule has 0 aliphatic carbocycles. The molecule has 0 aromatic rings. The number of esters is 1. The van der Waals surface area contributed by atoms with Crippen LogP contribution in [0.1, 0.15) is 65.7 Å². The van der Waals surface area contributed by atoms with Crippen molar-refractivity contribution in [2.75, 3.05) is 7.11 Å². The summed E-state index contributed by atoms with van der Waals surface area (Å²) in [5.74, 6) is -0.291. The number of nitrogens with zero attached hydrogens (tertiary/aromatic N) is 1. The number of hydrogen-bond donors (Lipinski definition) is 0. The fraction of sp³-hybridized carbons (Fsp3) is 0.800. The van der Waals surface area contributed by atoms with Gasteiger partial charge in [-0.1, -0.05) is 0 Å². The van der Waals surface area contributed by atoms with Gasteiger partial charge in [0, 0.05) is 0 Å². The second-order valence-electron chi connectivity index (χ2n) is 7.15. The average molecular weight is 442 g/mol. The van der Waals surface area contributed by atoms with Crippen LogP contribution in [0.3, 0.4) is 0 Å². The van der Waals surface area contributed by atoms with Crippen molar-refractivity contribution in [1.29, 1.82) is 5.26 Å². The van der Waals surface area contributed by atoms with Gasteiger partial charge >= 0.3 is 154 Å². The van der Waals surface area contributed by atoms with Gasteiger partial charge in [0.05, 0.1) is 0 Å². The molecule has 0 saturated carbocycles. The Bertz CT molecular complexity index is 393. The van der Waals surface area contributed by atoms with Crippen molar-refractivity contribution in [2.45, 2.75) is 83.5 Å². The number of rotatable bonds is 14. The zero-order chi connectivity index (χ0) is 18.4. The Labute approximate surface area is 153 Å². The molecule has 0 bridgehead atoms. The third-order valence-electron chi connectivity index (χ3n) is 5.05. The fourth-order valence-electron chi connectivity index (χ4n) is 3.61. The fourth-order valence-corrected chi connectivity index (χ4v) is 20.8. The van der Waals surface area contributed by atoms with Crippen molar-refractivity contribution in [3.8, 4) is 6.07 Å². The predicted octanol–water partition coefficient (Wildman–Crippen LogP) is 6.09. The summed E-state index contributed by atoms with van der Waals surface area (Å²) in [6.07, 6.45) is 8.02. The maximum absolute atomic E-state index is 12.3. The first-order valence-corrected chi connectivity index (χ1v) is 17.7. The zero-order valence-corrected chi connectivity index (χ0v) is 19.2. The van der Waals surface area contributed by atoms with Gasteiger partial charge in [-0.2, -0.15) is 0 Å². The molecule has 3 nitrogen and oxygen atoms in total. The molecule has 4 heteroatoms.